The van der Waals surface area contributed by atoms with Crippen molar-refractivity contribution in [2.24, 2.45) is 0 Å². The molecule has 0 unspecified atom stereocenters. The van der Waals surface area contributed by atoms with Crippen molar-refractivity contribution < 1.29 is 19.1 Å². The van der Waals surface area contributed by atoms with Crippen LogP contribution in [0, 0.1) is 0 Å². The van der Waals surface area contributed by atoms with Gasteiger partial charge in [0.1, 0.15) is 5.82 Å². The average Bonchev–Trinajstić information content (AvgIpc) is 3.14. The molecule has 2 atom stereocenters. The van der Waals surface area contributed by atoms with Gasteiger partial charge in [-0.25, -0.2) is 14.8 Å². The number of imidazole rings is 1. The van der Waals surface area contributed by atoms with Gasteiger partial charge in [0.15, 0.2) is 11.0 Å². The summed E-state index contributed by atoms with van der Waals surface area (Å²) >= 11 is 6.03. The Labute approximate surface area is 173 Å². The normalized spacial score (nSPS) is 19.1. The predicted octanol–water partition coefficient (Wildman–Crippen LogP) is 1.83. The molecular formula is C19H24ClN5O4. The molecule has 0 radical (unpaired) electrons. The standard InChI is InChI=1S/C19H24ClN5O4/c1-4-12-16(20)24-17(22-12)18(26)23-13-7-8-25(10-14(13)28-2)15-6-5-11(9-21-15)19(27)29-3/h5-6,9,13-14H,4,7-8,10H2,1-3H3,(H,22,24)(H,23,26)/t13-,14+/m0/s1. The Morgan fingerprint density at radius 3 is 2.76 bits per heavy atom. The van der Waals surface area contributed by atoms with Crippen LogP contribution in [0.3, 0.4) is 0 Å². The molecule has 0 aliphatic carbocycles. The molecule has 1 saturated heterocycles. The molecular weight excluding hydrogens is 398 g/mol. The highest BCUT2D eigenvalue weighted by molar-refractivity contribution is 6.30. The molecule has 29 heavy (non-hydrogen) atoms. The molecule has 3 heterocycles. The Morgan fingerprint density at radius 1 is 1.38 bits per heavy atom. The lowest BCUT2D eigenvalue weighted by Gasteiger charge is -2.38. The number of rotatable bonds is 6. The van der Waals surface area contributed by atoms with Crippen LogP contribution in [0.2, 0.25) is 5.15 Å². The molecule has 1 aliphatic heterocycles. The molecule has 1 fully saturated rings. The molecule has 0 saturated carbocycles. The van der Waals surface area contributed by atoms with Crippen molar-refractivity contribution in [1.82, 2.24) is 20.3 Å². The second-order valence-corrected chi connectivity index (χ2v) is 7.05. The number of esters is 1. The van der Waals surface area contributed by atoms with Gasteiger partial charge in [0.25, 0.3) is 5.91 Å². The summed E-state index contributed by atoms with van der Waals surface area (Å²) in [6.45, 7) is 3.16. The van der Waals surface area contributed by atoms with Gasteiger partial charge < -0.3 is 24.7 Å². The lowest BCUT2D eigenvalue weighted by Crippen LogP contribution is -2.55. The smallest absolute Gasteiger partial charge is 0.339 e. The monoisotopic (exact) mass is 421 g/mol. The molecule has 2 aromatic rings. The van der Waals surface area contributed by atoms with Crippen molar-refractivity contribution in [2.75, 3.05) is 32.2 Å². The lowest BCUT2D eigenvalue weighted by molar-refractivity contribution is 0.0537. The van der Waals surface area contributed by atoms with E-state index in [1.54, 1.807) is 19.2 Å². The Kier molecular flexibility index (Phi) is 6.71. The number of piperidine rings is 1. The Morgan fingerprint density at radius 2 is 2.17 bits per heavy atom. The minimum atomic E-state index is -0.426. The van der Waals surface area contributed by atoms with Crippen LogP contribution in [0.15, 0.2) is 18.3 Å². The number of aryl methyl sites for hydroxylation is 1. The van der Waals surface area contributed by atoms with E-state index in [1.165, 1.54) is 13.3 Å². The fourth-order valence-electron chi connectivity index (χ4n) is 3.31. The first-order chi connectivity index (χ1) is 14.0. The van der Waals surface area contributed by atoms with Gasteiger partial charge in [0.05, 0.1) is 30.5 Å². The fraction of sp³-hybridized carbons (Fsp3) is 0.474. The number of ether oxygens (including phenoxy) is 2. The number of pyridine rings is 1. The van der Waals surface area contributed by atoms with E-state index in [2.05, 4.69) is 25.2 Å². The first-order valence-electron chi connectivity index (χ1n) is 9.34. The minimum Gasteiger partial charge on any atom is -0.465 e. The minimum absolute atomic E-state index is 0.174. The SMILES string of the molecule is CCc1[nH]c(C(=O)N[C@H]2CCN(c3ccc(C(=O)OC)cn3)C[C@H]2OC)nc1Cl. The van der Waals surface area contributed by atoms with Crippen LogP contribution in [0.25, 0.3) is 0 Å². The number of aromatic nitrogens is 3. The van der Waals surface area contributed by atoms with Crippen LogP contribution < -0.4 is 10.2 Å². The molecule has 0 aromatic carbocycles. The van der Waals surface area contributed by atoms with Crippen molar-refractivity contribution in [3.63, 3.8) is 0 Å². The Balaban J connectivity index is 1.64. The van der Waals surface area contributed by atoms with Gasteiger partial charge in [-0.15, -0.1) is 0 Å². The van der Waals surface area contributed by atoms with Crippen molar-refractivity contribution in [1.29, 1.82) is 0 Å². The largest absolute Gasteiger partial charge is 0.465 e. The van der Waals surface area contributed by atoms with Crippen molar-refractivity contribution in [2.45, 2.75) is 31.9 Å². The van der Waals surface area contributed by atoms with Crippen LogP contribution in [0.4, 0.5) is 5.82 Å². The highest BCUT2D eigenvalue weighted by Gasteiger charge is 2.32. The number of hydrogen-bond donors (Lipinski definition) is 2. The molecule has 2 aromatic heterocycles. The number of aromatic amines is 1. The van der Waals surface area contributed by atoms with Crippen LogP contribution >= 0.6 is 11.6 Å². The van der Waals surface area contributed by atoms with Gasteiger partial charge in [-0.3, -0.25) is 4.79 Å². The zero-order valence-corrected chi connectivity index (χ0v) is 17.3. The lowest BCUT2D eigenvalue weighted by atomic mass is 10.0. The summed E-state index contributed by atoms with van der Waals surface area (Å²) in [6, 6.07) is 3.28. The highest BCUT2D eigenvalue weighted by Crippen LogP contribution is 2.21. The summed E-state index contributed by atoms with van der Waals surface area (Å²) in [5.74, 6) is 0.191. The van der Waals surface area contributed by atoms with E-state index >= 15 is 0 Å². The summed E-state index contributed by atoms with van der Waals surface area (Å²) in [4.78, 5) is 37.5. The van der Waals surface area contributed by atoms with E-state index in [0.29, 0.717) is 36.6 Å². The van der Waals surface area contributed by atoms with Gasteiger partial charge in [-0.1, -0.05) is 18.5 Å². The molecule has 156 valence electrons. The van der Waals surface area contributed by atoms with Gasteiger partial charge >= 0.3 is 5.97 Å². The van der Waals surface area contributed by atoms with E-state index in [1.807, 2.05) is 6.92 Å². The van der Waals surface area contributed by atoms with Crippen molar-refractivity contribution in [3.8, 4) is 0 Å². The molecule has 0 bridgehead atoms. The predicted molar refractivity (Wildman–Crippen MR) is 107 cm³/mol. The third-order valence-electron chi connectivity index (χ3n) is 4.97. The van der Waals surface area contributed by atoms with Gasteiger partial charge in [0, 0.05) is 26.4 Å². The van der Waals surface area contributed by atoms with E-state index in [9.17, 15) is 9.59 Å². The number of nitrogens with zero attached hydrogens (tertiary/aromatic N) is 3. The second kappa shape index (κ2) is 9.23. The summed E-state index contributed by atoms with van der Waals surface area (Å²) in [6.07, 6.45) is 2.59. The third kappa shape index (κ3) is 4.68. The Bertz CT molecular complexity index is 870. The number of methoxy groups -OCH3 is 2. The maximum Gasteiger partial charge on any atom is 0.339 e. The molecule has 1 aliphatic rings. The Hall–Kier alpha value is -2.65. The first kappa shape index (κ1) is 21.1. The number of carbonyl (C=O) groups excluding carboxylic acids is 2. The molecule has 9 nitrogen and oxygen atoms in total. The van der Waals surface area contributed by atoms with Gasteiger partial charge in [-0.05, 0) is 25.0 Å². The number of amides is 1. The number of anilines is 1. The summed E-state index contributed by atoms with van der Waals surface area (Å²) in [5.41, 5.74) is 1.13. The van der Waals surface area contributed by atoms with Crippen LogP contribution in [0.5, 0.6) is 0 Å². The zero-order valence-electron chi connectivity index (χ0n) is 16.6. The van der Waals surface area contributed by atoms with Crippen LogP contribution in [-0.2, 0) is 15.9 Å². The quantitative estimate of drug-likeness (QED) is 0.684. The van der Waals surface area contributed by atoms with Gasteiger partial charge in [-0.2, -0.15) is 0 Å². The molecule has 0 spiro atoms. The van der Waals surface area contributed by atoms with Crippen molar-refractivity contribution >= 4 is 29.3 Å². The fourth-order valence-corrected chi connectivity index (χ4v) is 3.57. The van der Waals surface area contributed by atoms with E-state index in [-0.39, 0.29) is 23.9 Å². The van der Waals surface area contributed by atoms with E-state index in [4.69, 9.17) is 21.1 Å². The third-order valence-corrected chi connectivity index (χ3v) is 5.28. The van der Waals surface area contributed by atoms with E-state index in [0.717, 1.165) is 11.5 Å². The summed E-state index contributed by atoms with van der Waals surface area (Å²) in [5, 5.41) is 3.30. The average molecular weight is 422 g/mol. The molecule has 3 rings (SSSR count). The molecule has 10 heteroatoms. The first-order valence-corrected chi connectivity index (χ1v) is 9.72. The second-order valence-electron chi connectivity index (χ2n) is 6.69. The number of nitrogens with one attached hydrogen (secondary N) is 2. The molecule has 1 amide bonds. The number of carbonyl (C=O) groups is 2. The molecule has 2 N–H and O–H groups in total. The number of H-pyrrole nitrogens is 1. The maximum atomic E-state index is 12.5. The number of hydrogen-bond acceptors (Lipinski definition) is 7. The highest BCUT2D eigenvalue weighted by atomic mass is 35.5. The topological polar surface area (TPSA) is 109 Å². The number of halogens is 1. The maximum absolute atomic E-state index is 12.5. The van der Waals surface area contributed by atoms with Crippen molar-refractivity contribution in [3.05, 3.63) is 40.6 Å². The zero-order chi connectivity index (χ0) is 21.0. The van der Waals surface area contributed by atoms with Crippen LogP contribution in [-0.4, -0.2) is 66.3 Å². The van der Waals surface area contributed by atoms with E-state index < -0.39 is 5.97 Å². The van der Waals surface area contributed by atoms with Gasteiger partial charge in [0.2, 0.25) is 0 Å². The van der Waals surface area contributed by atoms with Crippen LogP contribution in [0.1, 0.15) is 40.0 Å². The summed E-state index contributed by atoms with van der Waals surface area (Å²) < 4.78 is 10.3. The summed E-state index contributed by atoms with van der Waals surface area (Å²) in [7, 11) is 2.94.